The molecular formula is C35H35N5O2. The van der Waals surface area contributed by atoms with Crippen molar-refractivity contribution < 1.29 is 9.59 Å². The van der Waals surface area contributed by atoms with Crippen molar-refractivity contribution in [3.8, 4) is 0 Å². The van der Waals surface area contributed by atoms with E-state index in [-0.39, 0.29) is 17.9 Å². The molecule has 0 aliphatic carbocycles. The topological polar surface area (TPSA) is 86.4 Å². The largest absolute Gasteiger partial charge is 0.353 e. The van der Waals surface area contributed by atoms with E-state index in [0.717, 1.165) is 37.3 Å². The number of pyridine rings is 1. The molecule has 0 unspecified atom stereocenters. The van der Waals surface area contributed by atoms with Gasteiger partial charge in [0.15, 0.2) is 0 Å². The van der Waals surface area contributed by atoms with Gasteiger partial charge in [-0.05, 0) is 85.9 Å². The van der Waals surface area contributed by atoms with Crippen LogP contribution in [0.2, 0.25) is 0 Å². The van der Waals surface area contributed by atoms with Crippen LogP contribution in [0.5, 0.6) is 0 Å². The quantitative estimate of drug-likeness (QED) is 0.205. The number of rotatable bonds is 9. The van der Waals surface area contributed by atoms with Crippen molar-refractivity contribution in [2.45, 2.75) is 38.8 Å². The molecule has 2 aliphatic heterocycles. The molecule has 6 rings (SSSR count). The lowest BCUT2D eigenvalue weighted by molar-refractivity contribution is -0.110. The van der Waals surface area contributed by atoms with Crippen molar-refractivity contribution in [2.24, 2.45) is 0 Å². The van der Waals surface area contributed by atoms with Crippen LogP contribution in [0.25, 0.3) is 11.3 Å². The maximum absolute atomic E-state index is 13.5. The van der Waals surface area contributed by atoms with Crippen LogP contribution in [-0.2, 0) is 11.3 Å². The third-order valence-electron chi connectivity index (χ3n) is 7.91. The summed E-state index contributed by atoms with van der Waals surface area (Å²) in [5.41, 5.74) is 6.67. The first-order valence-electron chi connectivity index (χ1n) is 14.6. The van der Waals surface area contributed by atoms with E-state index in [0.29, 0.717) is 33.8 Å². The molecule has 4 aromatic rings. The van der Waals surface area contributed by atoms with Crippen LogP contribution >= 0.6 is 0 Å². The maximum atomic E-state index is 13.5. The van der Waals surface area contributed by atoms with Crippen LogP contribution in [0.1, 0.15) is 65.0 Å². The summed E-state index contributed by atoms with van der Waals surface area (Å²) < 4.78 is 0. The van der Waals surface area contributed by atoms with Crippen molar-refractivity contribution in [3.05, 3.63) is 125 Å². The van der Waals surface area contributed by atoms with E-state index in [4.69, 9.17) is 0 Å². The third-order valence-corrected chi connectivity index (χ3v) is 7.91. The number of hydrogen-bond donors (Lipinski definition) is 3. The number of anilines is 2. The maximum Gasteiger partial charge on any atom is 0.258 e. The number of hydrogen-bond acceptors (Lipinski definition) is 5. The number of benzene rings is 3. The molecular weight excluding hydrogens is 522 g/mol. The minimum Gasteiger partial charge on any atom is -0.353 e. The zero-order valence-corrected chi connectivity index (χ0v) is 23.8. The van der Waals surface area contributed by atoms with Gasteiger partial charge in [0.1, 0.15) is 0 Å². The zero-order chi connectivity index (χ0) is 28.9. The highest BCUT2D eigenvalue weighted by atomic mass is 16.2. The molecule has 0 bridgehead atoms. The molecule has 212 valence electrons. The summed E-state index contributed by atoms with van der Waals surface area (Å²) in [5, 5.41) is 9.67. The van der Waals surface area contributed by atoms with Gasteiger partial charge in [-0.15, -0.1) is 0 Å². The Morgan fingerprint density at radius 1 is 0.952 bits per heavy atom. The van der Waals surface area contributed by atoms with Crippen LogP contribution in [0.15, 0.2) is 97.2 Å². The Morgan fingerprint density at radius 3 is 2.52 bits per heavy atom. The van der Waals surface area contributed by atoms with Crippen LogP contribution < -0.4 is 16.0 Å². The van der Waals surface area contributed by atoms with E-state index < -0.39 is 0 Å². The number of amides is 2. The van der Waals surface area contributed by atoms with E-state index in [1.165, 1.54) is 18.4 Å². The Hall–Kier alpha value is -4.75. The van der Waals surface area contributed by atoms with Gasteiger partial charge in [0, 0.05) is 35.2 Å². The first-order chi connectivity index (χ1) is 20.6. The zero-order valence-electron chi connectivity index (χ0n) is 23.8. The summed E-state index contributed by atoms with van der Waals surface area (Å²) in [6.07, 6.45) is 4.96. The number of nitrogens with one attached hydrogen (secondary N) is 3. The van der Waals surface area contributed by atoms with Gasteiger partial charge in [-0.1, -0.05) is 55.5 Å². The summed E-state index contributed by atoms with van der Waals surface area (Å²) in [5.74, 6) is -0.422. The molecule has 0 radical (unpaired) electrons. The van der Waals surface area contributed by atoms with Gasteiger partial charge in [-0.2, -0.15) is 0 Å². The van der Waals surface area contributed by atoms with Gasteiger partial charge in [0.05, 0.1) is 23.0 Å². The van der Waals surface area contributed by atoms with Crippen molar-refractivity contribution in [3.63, 3.8) is 0 Å². The van der Waals surface area contributed by atoms with Crippen molar-refractivity contribution >= 4 is 34.5 Å². The molecule has 1 fully saturated rings. The van der Waals surface area contributed by atoms with Gasteiger partial charge in [-0.25, -0.2) is 0 Å². The molecule has 2 aliphatic rings. The second-order valence-electron chi connectivity index (χ2n) is 10.8. The van der Waals surface area contributed by atoms with Crippen LogP contribution in [0.4, 0.5) is 11.4 Å². The van der Waals surface area contributed by atoms with E-state index in [1.54, 1.807) is 24.4 Å². The van der Waals surface area contributed by atoms with E-state index >= 15 is 0 Å². The smallest absolute Gasteiger partial charge is 0.258 e. The van der Waals surface area contributed by atoms with Crippen molar-refractivity contribution in [1.29, 1.82) is 0 Å². The van der Waals surface area contributed by atoms with Gasteiger partial charge in [0.2, 0.25) is 0 Å². The number of nitrogens with zero attached hydrogens (tertiary/aromatic N) is 2. The Bertz CT molecular complexity index is 1610. The molecule has 1 saturated heterocycles. The summed E-state index contributed by atoms with van der Waals surface area (Å²) in [6.45, 7) is 5.19. The monoisotopic (exact) mass is 557 g/mol. The molecule has 3 heterocycles. The Morgan fingerprint density at radius 2 is 1.76 bits per heavy atom. The normalized spacial score (nSPS) is 16.5. The summed E-state index contributed by atoms with van der Waals surface area (Å²) in [7, 11) is 0. The molecule has 0 spiro atoms. The van der Waals surface area contributed by atoms with Crippen LogP contribution in [0, 0.1) is 0 Å². The van der Waals surface area contributed by atoms with Crippen LogP contribution in [0.3, 0.4) is 0 Å². The standard InChI is InChI=1S/C35H35N5O2/c1-2-29(25-12-4-3-5-13-25)38-34(41)26-16-17-30-28(22-26)32(35(42)39-30)33(31-15-6-7-18-36-31)37-27-14-10-11-24(21-27)23-40-19-8-9-20-40/h3-7,10-18,21-22,29,37H,2,8-9,19-20,23H2,1H3,(H,38,41)(H,39,42)/t29-/m1/s1. The first kappa shape index (κ1) is 27.4. The first-order valence-corrected chi connectivity index (χ1v) is 14.6. The average molecular weight is 558 g/mol. The van der Waals surface area contributed by atoms with Crippen molar-refractivity contribution in [1.82, 2.24) is 15.2 Å². The molecule has 7 nitrogen and oxygen atoms in total. The molecule has 1 atom stereocenters. The number of likely N-dealkylation sites (tertiary alicyclic amines) is 1. The Kier molecular flexibility index (Phi) is 8.10. The molecule has 2 amide bonds. The molecule has 1 aromatic heterocycles. The molecule has 3 N–H and O–H groups in total. The number of carbonyl (C=O) groups is 2. The summed E-state index contributed by atoms with van der Waals surface area (Å²) in [4.78, 5) is 34.0. The van der Waals surface area contributed by atoms with Gasteiger partial charge in [0.25, 0.3) is 11.8 Å². The lowest BCUT2D eigenvalue weighted by Crippen LogP contribution is -2.28. The van der Waals surface area contributed by atoms with Gasteiger partial charge >= 0.3 is 0 Å². The van der Waals surface area contributed by atoms with Crippen LogP contribution in [-0.4, -0.2) is 34.8 Å². The fraction of sp³-hybridized carbons (Fsp3) is 0.229. The summed E-state index contributed by atoms with van der Waals surface area (Å²) >= 11 is 0. The SMILES string of the molecule is CC[C@@H](NC(=O)c1ccc2c(c1)C(=C(Nc1cccc(CN3CCCC3)c1)c1ccccn1)C(=O)N2)c1ccccc1. The minimum absolute atomic E-state index is 0.111. The molecule has 42 heavy (non-hydrogen) atoms. The highest BCUT2D eigenvalue weighted by molar-refractivity contribution is 6.37. The van der Waals surface area contributed by atoms with E-state index in [9.17, 15) is 9.59 Å². The van der Waals surface area contributed by atoms with E-state index in [2.05, 4.69) is 44.9 Å². The molecule has 3 aromatic carbocycles. The Balaban J connectivity index is 1.35. The van der Waals surface area contributed by atoms with Crippen molar-refractivity contribution in [2.75, 3.05) is 23.7 Å². The average Bonchev–Trinajstić information content (AvgIpc) is 3.66. The predicted octanol–water partition coefficient (Wildman–Crippen LogP) is 6.49. The highest BCUT2D eigenvalue weighted by Crippen LogP contribution is 2.38. The lowest BCUT2D eigenvalue weighted by atomic mass is 9.99. The summed E-state index contributed by atoms with van der Waals surface area (Å²) in [6, 6.07) is 29.1. The second kappa shape index (κ2) is 12.4. The fourth-order valence-electron chi connectivity index (χ4n) is 5.76. The van der Waals surface area contributed by atoms with Gasteiger partial charge < -0.3 is 16.0 Å². The number of aromatic nitrogens is 1. The minimum atomic E-state index is -0.236. The molecule has 7 heteroatoms. The fourth-order valence-corrected chi connectivity index (χ4v) is 5.76. The molecule has 0 saturated carbocycles. The number of carbonyl (C=O) groups excluding carboxylic acids is 2. The Labute approximate surface area is 246 Å². The third kappa shape index (κ3) is 5.97. The predicted molar refractivity (Wildman–Crippen MR) is 168 cm³/mol. The van der Waals surface area contributed by atoms with E-state index in [1.807, 2.05) is 60.7 Å². The highest BCUT2D eigenvalue weighted by Gasteiger charge is 2.30. The lowest BCUT2D eigenvalue weighted by Gasteiger charge is -2.18. The number of fused-ring (bicyclic) bond motifs is 1. The van der Waals surface area contributed by atoms with Gasteiger partial charge in [-0.3, -0.25) is 19.5 Å². The second-order valence-corrected chi connectivity index (χ2v) is 10.8.